The van der Waals surface area contributed by atoms with E-state index >= 15 is 0 Å². The van der Waals surface area contributed by atoms with Crippen LogP contribution in [0.15, 0.2) is 68.7 Å². The number of oxazole rings is 1. The molecule has 34 heavy (non-hydrogen) atoms. The van der Waals surface area contributed by atoms with E-state index < -0.39 is 15.8 Å². The first kappa shape index (κ1) is 22.9. The predicted octanol–water partition coefficient (Wildman–Crippen LogP) is 3.42. The van der Waals surface area contributed by atoms with Gasteiger partial charge in [0.25, 0.3) is 0 Å². The number of halogens is 1. The Bertz CT molecular complexity index is 1490. The molecule has 0 amide bonds. The number of anilines is 1. The van der Waals surface area contributed by atoms with E-state index in [1.54, 1.807) is 24.3 Å². The minimum Gasteiger partial charge on any atom is -0.406 e. The van der Waals surface area contributed by atoms with Gasteiger partial charge in [0.15, 0.2) is 5.58 Å². The van der Waals surface area contributed by atoms with Crippen LogP contribution in [0.3, 0.4) is 0 Å². The Morgan fingerprint density at radius 2 is 1.76 bits per heavy atom. The number of piperazine rings is 1. The Morgan fingerprint density at radius 3 is 2.59 bits per heavy atom. The van der Waals surface area contributed by atoms with E-state index in [0.717, 1.165) is 49.2 Å². The number of para-hydroxylation sites is 1. The summed E-state index contributed by atoms with van der Waals surface area (Å²) < 4.78 is 33.5. The van der Waals surface area contributed by atoms with Crippen molar-refractivity contribution < 1.29 is 12.8 Å². The molecule has 1 saturated heterocycles. The highest BCUT2D eigenvalue weighted by molar-refractivity contribution is 7.89. The zero-order valence-electron chi connectivity index (χ0n) is 18.5. The number of H-pyrrole nitrogens is 1. The zero-order chi connectivity index (χ0) is 23.7. The number of fused-ring (bicyclic) bond motifs is 2. The Hall–Kier alpha value is -2.85. The number of aromatic nitrogens is 1. The third-order valence-corrected chi connectivity index (χ3v) is 7.86. The minimum absolute atomic E-state index is 0.251. The molecule has 1 aliphatic rings. The second kappa shape index (κ2) is 9.42. The van der Waals surface area contributed by atoms with Crippen LogP contribution in [0.5, 0.6) is 0 Å². The van der Waals surface area contributed by atoms with Gasteiger partial charge in [-0.3, -0.25) is 9.88 Å². The molecular weight excluding hydrogens is 476 g/mol. The van der Waals surface area contributed by atoms with Gasteiger partial charge in [0, 0.05) is 37.7 Å². The summed E-state index contributed by atoms with van der Waals surface area (Å²) in [7, 11) is -3.58. The predicted molar refractivity (Wildman–Crippen MR) is 134 cm³/mol. The van der Waals surface area contributed by atoms with E-state index in [9.17, 15) is 13.2 Å². The van der Waals surface area contributed by atoms with Crippen LogP contribution in [0.1, 0.15) is 6.42 Å². The number of nitrogens with zero attached hydrogens (tertiary/aromatic N) is 2. The molecule has 0 radical (unpaired) electrons. The molecule has 1 aromatic heterocycles. The zero-order valence-corrected chi connectivity index (χ0v) is 20.0. The van der Waals surface area contributed by atoms with E-state index in [4.69, 9.17) is 16.0 Å². The van der Waals surface area contributed by atoms with Gasteiger partial charge in [0.2, 0.25) is 10.0 Å². The van der Waals surface area contributed by atoms with E-state index in [1.807, 2.05) is 30.3 Å². The second-order valence-corrected chi connectivity index (χ2v) is 10.6. The van der Waals surface area contributed by atoms with Crippen LogP contribution < -0.4 is 15.4 Å². The lowest BCUT2D eigenvalue weighted by Crippen LogP contribution is -2.47. The normalized spacial score (nSPS) is 15.4. The molecule has 2 N–H and O–H groups in total. The van der Waals surface area contributed by atoms with Crippen molar-refractivity contribution in [3.63, 3.8) is 0 Å². The number of hydrogen-bond acceptors (Lipinski definition) is 6. The van der Waals surface area contributed by atoms with Gasteiger partial charge in [0.1, 0.15) is 0 Å². The molecule has 8 nitrogen and oxygen atoms in total. The highest BCUT2D eigenvalue weighted by atomic mass is 35.5. The number of aromatic amines is 1. The molecule has 4 aromatic rings. The fourth-order valence-electron chi connectivity index (χ4n) is 4.37. The molecule has 0 spiro atoms. The van der Waals surface area contributed by atoms with Gasteiger partial charge < -0.3 is 9.32 Å². The van der Waals surface area contributed by atoms with Gasteiger partial charge in [-0.2, -0.15) is 0 Å². The average Bonchev–Trinajstić information content (AvgIpc) is 3.22. The van der Waals surface area contributed by atoms with Gasteiger partial charge in [-0.25, -0.2) is 17.9 Å². The highest BCUT2D eigenvalue weighted by Gasteiger charge is 2.20. The van der Waals surface area contributed by atoms with Gasteiger partial charge in [-0.15, -0.1) is 0 Å². The summed E-state index contributed by atoms with van der Waals surface area (Å²) in [6, 6.07) is 16.1. The molecule has 3 aromatic carbocycles. The molecule has 2 heterocycles. The summed E-state index contributed by atoms with van der Waals surface area (Å²) in [5.41, 5.74) is 2.21. The molecular formula is C24H25ClN4O4S. The topological polar surface area (TPSA) is 98.6 Å². The van der Waals surface area contributed by atoms with Crippen LogP contribution in [0, 0.1) is 0 Å². The molecule has 10 heteroatoms. The smallest absolute Gasteiger partial charge is 0.406 e. The van der Waals surface area contributed by atoms with E-state index in [1.165, 1.54) is 0 Å². The molecule has 0 bridgehead atoms. The van der Waals surface area contributed by atoms with Gasteiger partial charge in [-0.1, -0.05) is 29.8 Å². The van der Waals surface area contributed by atoms with Crippen LogP contribution in [0.2, 0.25) is 5.02 Å². The summed E-state index contributed by atoms with van der Waals surface area (Å²) in [5.74, 6) is -0.448. The highest BCUT2D eigenvalue weighted by Crippen LogP contribution is 2.26. The van der Waals surface area contributed by atoms with Crippen LogP contribution in [0.25, 0.3) is 21.9 Å². The van der Waals surface area contributed by atoms with Crippen molar-refractivity contribution in [2.24, 2.45) is 0 Å². The quantitative estimate of drug-likeness (QED) is 0.377. The summed E-state index contributed by atoms with van der Waals surface area (Å²) in [4.78, 5) is 19.0. The molecule has 1 aliphatic heterocycles. The molecule has 1 fully saturated rings. The SMILES string of the molecule is O=c1[nH]c2cccc(N3CCN(CCCNS(=O)(=O)c4ccc5cc(Cl)ccc5c4)CC3)c2o1. The third kappa shape index (κ3) is 4.83. The lowest BCUT2D eigenvalue weighted by molar-refractivity contribution is 0.255. The largest absolute Gasteiger partial charge is 0.417 e. The minimum atomic E-state index is -3.58. The number of rotatable bonds is 7. The lowest BCUT2D eigenvalue weighted by atomic mass is 10.1. The fourth-order valence-corrected chi connectivity index (χ4v) is 5.66. The number of sulfonamides is 1. The number of hydrogen-bond donors (Lipinski definition) is 2. The van der Waals surface area contributed by atoms with Gasteiger partial charge >= 0.3 is 5.76 Å². The molecule has 5 rings (SSSR count). The standard InChI is InChI=1S/C24H25ClN4O4S/c25-19-7-5-18-16-20(8-6-17(18)15-19)34(31,32)26-9-2-10-28-11-13-29(14-12-28)22-4-1-3-21-23(22)33-24(30)27-21/h1,3-8,15-16,26H,2,9-14H2,(H,27,30). The Kier molecular flexibility index (Phi) is 6.35. The van der Waals surface area contributed by atoms with Crippen molar-refractivity contribution in [1.82, 2.24) is 14.6 Å². The molecule has 178 valence electrons. The average molecular weight is 501 g/mol. The summed E-state index contributed by atoms with van der Waals surface area (Å²) in [5, 5.41) is 2.36. The van der Waals surface area contributed by atoms with E-state index in [-0.39, 0.29) is 4.90 Å². The van der Waals surface area contributed by atoms with Crippen LogP contribution in [0.4, 0.5) is 5.69 Å². The van der Waals surface area contributed by atoms with Crippen molar-refractivity contribution in [2.75, 3.05) is 44.2 Å². The maximum atomic E-state index is 12.7. The first-order chi connectivity index (χ1) is 16.4. The third-order valence-electron chi connectivity index (χ3n) is 6.17. The van der Waals surface area contributed by atoms with Gasteiger partial charge in [-0.05, 0) is 60.1 Å². The van der Waals surface area contributed by atoms with Crippen molar-refractivity contribution in [2.45, 2.75) is 11.3 Å². The lowest BCUT2D eigenvalue weighted by Gasteiger charge is -2.36. The first-order valence-electron chi connectivity index (χ1n) is 11.2. The maximum Gasteiger partial charge on any atom is 0.417 e. The Balaban J connectivity index is 1.12. The summed E-state index contributed by atoms with van der Waals surface area (Å²) in [6.07, 6.45) is 0.713. The fraction of sp³-hybridized carbons (Fsp3) is 0.292. The second-order valence-electron chi connectivity index (χ2n) is 8.40. The maximum absolute atomic E-state index is 12.7. The van der Waals surface area contributed by atoms with Crippen molar-refractivity contribution in [3.05, 3.63) is 70.2 Å². The Morgan fingerprint density at radius 1 is 1.00 bits per heavy atom. The van der Waals surface area contributed by atoms with Crippen LogP contribution in [-0.2, 0) is 10.0 Å². The van der Waals surface area contributed by atoms with Crippen molar-refractivity contribution in [3.8, 4) is 0 Å². The first-order valence-corrected chi connectivity index (χ1v) is 13.0. The monoisotopic (exact) mass is 500 g/mol. The summed E-state index contributed by atoms with van der Waals surface area (Å²) >= 11 is 6.01. The van der Waals surface area contributed by atoms with E-state index in [0.29, 0.717) is 29.1 Å². The summed E-state index contributed by atoms with van der Waals surface area (Å²) in [6.45, 7) is 4.49. The van der Waals surface area contributed by atoms with E-state index in [2.05, 4.69) is 19.5 Å². The Labute approximate surface area is 202 Å². The van der Waals surface area contributed by atoms with Crippen molar-refractivity contribution >= 4 is 49.2 Å². The molecule has 0 saturated carbocycles. The van der Waals surface area contributed by atoms with Gasteiger partial charge in [0.05, 0.1) is 16.1 Å². The van der Waals surface area contributed by atoms with Crippen LogP contribution >= 0.6 is 11.6 Å². The van der Waals surface area contributed by atoms with Crippen LogP contribution in [-0.4, -0.2) is 57.6 Å². The molecule has 0 aliphatic carbocycles. The number of nitrogens with one attached hydrogen (secondary N) is 2. The number of benzene rings is 3. The molecule has 0 unspecified atom stereocenters. The molecule has 0 atom stereocenters. The van der Waals surface area contributed by atoms with Crippen molar-refractivity contribution in [1.29, 1.82) is 0 Å².